The number of amides is 1. The Labute approximate surface area is 152 Å². The van der Waals surface area contributed by atoms with Crippen molar-refractivity contribution in [3.05, 3.63) is 46.7 Å². The first kappa shape index (κ1) is 16.8. The molecule has 136 valence electrons. The number of nitrogens with one attached hydrogen (secondary N) is 1. The van der Waals surface area contributed by atoms with E-state index < -0.39 is 0 Å². The zero-order valence-corrected chi connectivity index (χ0v) is 15.5. The number of piperidine rings is 1. The van der Waals surface area contributed by atoms with E-state index in [1.54, 1.807) is 10.6 Å². The number of hydrogen-bond donors (Lipinski definition) is 1. The zero-order chi connectivity index (χ0) is 18.3. The number of hydrogen-bond acceptors (Lipinski definition) is 4. The molecular formula is C19H24N6O. The van der Waals surface area contributed by atoms with E-state index in [4.69, 9.17) is 0 Å². The molecule has 0 bridgehead atoms. The molecule has 3 aromatic heterocycles. The number of carbonyl (C=O) groups is 1. The van der Waals surface area contributed by atoms with E-state index >= 15 is 0 Å². The number of likely N-dealkylation sites (tertiary alicyclic amines) is 1. The second kappa shape index (κ2) is 6.55. The molecule has 0 saturated carbocycles. The summed E-state index contributed by atoms with van der Waals surface area (Å²) in [6, 6.07) is 3.77. The van der Waals surface area contributed by atoms with Crippen LogP contribution in [0.3, 0.4) is 0 Å². The predicted molar refractivity (Wildman–Crippen MR) is 98.1 cm³/mol. The standard InChI is InChI=1S/C19H24N6O/c1-12-10-20-22-16(12)8-15-5-4-6-24(11-15)19(26)17-9-18-21-13(2)7-14(3)25(18)23-17/h7,9-10,15H,4-6,8,11H2,1-3H3,(H,20,22)/t15-/m0/s1. The summed E-state index contributed by atoms with van der Waals surface area (Å²) in [6.45, 7) is 7.55. The van der Waals surface area contributed by atoms with Crippen LogP contribution in [0.4, 0.5) is 0 Å². The minimum atomic E-state index is -0.00131. The van der Waals surface area contributed by atoms with Crippen LogP contribution in [0.2, 0.25) is 0 Å². The molecule has 4 rings (SSSR count). The molecule has 0 spiro atoms. The van der Waals surface area contributed by atoms with E-state index in [1.807, 2.05) is 31.0 Å². The van der Waals surface area contributed by atoms with Crippen LogP contribution < -0.4 is 0 Å². The highest BCUT2D eigenvalue weighted by molar-refractivity contribution is 5.93. The summed E-state index contributed by atoms with van der Waals surface area (Å²) in [7, 11) is 0. The molecule has 1 amide bonds. The van der Waals surface area contributed by atoms with Gasteiger partial charge in [0, 0.05) is 36.2 Å². The largest absolute Gasteiger partial charge is 0.337 e. The molecule has 7 heteroatoms. The lowest BCUT2D eigenvalue weighted by molar-refractivity contribution is 0.0666. The van der Waals surface area contributed by atoms with E-state index in [0.29, 0.717) is 11.6 Å². The van der Waals surface area contributed by atoms with Gasteiger partial charge in [-0.25, -0.2) is 9.50 Å². The fourth-order valence-electron chi connectivity index (χ4n) is 3.84. The summed E-state index contributed by atoms with van der Waals surface area (Å²) in [5.41, 5.74) is 5.48. The lowest BCUT2D eigenvalue weighted by Crippen LogP contribution is -2.40. The Balaban J connectivity index is 1.52. The van der Waals surface area contributed by atoms with Gasteiger partial charge in [-0.2, -0.15) is 10.2 Å². The highest BCUT2D eigenvalue weighted by Crippen LogP contribution is 2.23. The van der Waals surface area contributed by atoms with Crippen molar-refractivity contribution in [2.24, 2.45) is 5.92 Å². The lowest BCUT2D eigenvalue weighted by Gasteiger charge is -2.32. The summed E-state index contributed by atoms with van der Waals surface area (Å²) in [5.74, 6) is 0.449. The molecule has 1 fully saturated rings. The van der Waals surface area contributed by atoms with Crippen molar-refractivity contribution in [1.82, 2.24) is 29.7 Å². The maximum atomic E-state index is 13.0. The second-order valence-electron chi connectivity index (χ2n) is 7.33. The molecule has 1 saturated heterocycles. The molecule has 1 aliphatic heterocycles. The van der Waals surface area contributed by atoms with E-state index in [9.17, 15) is 4.79 Å². The number of rotatable bonds is 3. The highest BCUT2D eigenvalue weighted by atomic mass is 16.2. The third-order valence-electron chi connectivity index (χ3n) is 5.19. The van der Waals surface area contributed by atoms with Gasteiger partial charge in [0.2, 0.25) is 0 Å². The SMILES string of the molecule is Cc1cc(C)n2nc(C(=O)N3CCC[C@@H](Cc4[nH]ncc4C)C3)cc2n1. The summed E-state index contributed by atoms with van der Waals surface area (Å²) in [6.07, 6.45) is 4.94. The van der Waals surface area contributed by atoms with Gasteiger partial charge in [-0.1, -0.05) is 0 Å². The highest BCUT2D eigenvalue weighted by Gasteiger charge is 2.27. The van der Waals surface area contributed by atoms with Gasteiger partial charge in [0.15, 0.2) is 11.3 Å². The molecule has 1 atom stereocenters. The number of carbonyl (C=O) groups excluding carboxylic acids is 1. The van der Waals surface area contributed by atoms with E-state index in [2.05, 4.69) is 27.2 Å². The molecule has 26 heavy (non-hydrogen) atoms. The maximum absolute atomic E-state index is 13.0. The Morgan fingerprint density at radius 3 is 2.92 bits per heavy atom. The average Bonchev–Trinajstić information content (AvgIpc) is 3.21. The minimum Gasteiger partial charge on any atom is -0.337 e. The Bertz CT molecular complexity index is 956. The topological polar surface area (TPSA) is 79.2 Å². The summed E-state index contributed by atoms with van der Waals surface area (Å²) < 4.78 is 1.75. The number of H-pyrrole nitrogens is 1. The van der Waals surface area contributed by atoms with Gasteiger partial charge in [-0.05, 0) is 57.6 Å². The van der Waals surface area contributed by atoms with Crippen molar-refractivity contribution in [3.63, 3.8) is 0 Å². The minimum absolute atomic E-state index is 0.00131. The van der Waals surface area contributed by atoms with E-state index in [-0.39, 0.29) is 5.91 Å². The molecule has 7 nitrogen and oxygen atoms in total. The van der Waals surface area contributed by atoms with E-state index in [0.717, 1.165) is 49.4 Å². The van der Waals surface area contributed by atoms with Crippen LogP contribution in [-0.4, -0.2) is 48.7 Å². The van der Waals surface area contributed by atoms with Crippen molar-refractivity contribution >= 4 is 11.6 Å². The Morgan fingerprint density at radius 2 is 2.15 bits per heavy atom. The fourth-order valence-corrected chi connectivity index (χ4v) is 3.84. The van der Waals surface area contributed by atoms with Crippen molar-refractivity contribution < 1.29 is 4.79 Å². The molecular weight excluding hydrogens is 328 g/mol. The normalized spacial score (nSPS) is 17.8. The first-order chi connectivity index (χ1) is 12.5. The second-order valence-corrected chi connectivity index (χ2v) is 7.33. The average molecular weight is 352 g/mol. The summed E-state index contributed by atoms with van der Waals surface area (Å²) in [4.78, 5) is 19.4. The smallest absolute Gasteiger partial charge is 0.274 e. The third kappa shape index (κ3) is 3.09. The van der Waals surface area contributed by atoms with Crippen LogP contribution >= 0.6 is 0 Å². The number of aromatic amines is 1. The Morgan fingerprint density at radius 1 is 1.31 bits per heavy atom. The number of nitrogens with zero attached hydrogens (tertiary/aromatic N) is 5. The van der Waals surface area contributed by atoms with Crippen LogP contribution in [-0.2, 0) is 6.42 Å². The molecule has 3 aromatic rings. The van der Waals surface area contributed by atoms with Crippen LogP contribution in [0.15, 0.2) is 18.3 Å². The van der Waals surface area contributed by atoms with Crippen LogP contribution in [0.5, 0.6) is 0 Å². The first-order valence-corrected chi connectivity index (χ1v) is 9.13. The molecule has 0 unspecified atom stereocenters. The lowest BCUT2D eigenvalue weighted by atomic mass is 9.92. The van der Waals surface area contributed by atoms with Gasteiger partial charge in [0.05, 0.1) is 6.20 Å². The molecule has 0 aliphatic carbocycles. The molecule has 0 radical (unpaired) electrons. The van der Waals surface area contributed by atoms with Gasteiger partial charge in [-0.3, -0.25) is 9.89 Å². The molecule has 1 N–H and O–H groups in total. The van der Waals surface area contributed by atoms with Crippen LogP contribution in [0, 0.1) is 26.7 Å². The molecule has 1 aliphatic rings. The van der Waals surface area contributed by atoms with Crippen molar-refractivity contribution in [2.75, 3.05) is 13.1 Å². The van der Waals surface area contributed by atoms with Gasteiger partial charge < -0.3 is 4.90 Å². The van der Waals surface area contributed by atoms with Crippen molar-refractivity contribution in [2.45, 2.75) is 40.0 Å². The Hall–Kier alpha value is -2.70. The maximum Gasteiger partial charge on any atom is 0.274 e. The van der Waals surface area contributed by atoms with Crippen LogP contribution in [0.1, 0.15) is 46.0 Å². The van der Waals surface area contributed by atoms with Crippen LogP contribution in [0.25, 0.3) is 5.65 Å². The van der Waals surface area contributed by atoms with E-state index in [1.165, 1.54) is 11.3 Å². The van der Waals surface area contributed by atoms with Gasteiger partial charge in [0.25, 0.3) is 5.91 Å². The zero-order valence-electron chi connectivity index (χ0n) is 15.5. The van der Waals surface area contributed by atoms with Gasteiger partial charge in [0.1, 0.15) is 0 Å². The summed E-state index contributed by atoms with van der Waals surface area (Å²) in [5, 5.41) is 11.7. The summed E-state index contributed by atoms with van der Waals surface area (Å²) >= 11 is 0. The fraction of sp³-hybridized carbons (Fsp3) is 0.474. The number of fused-ring (bicyclic) bond motifs is 1. The molecule has 0 aromatic carbocycles. The van der Waals surface area contributed by atoms with Crippen molar-refractivity contribution in [1.29, 1.82) is 0 Å². The third-order valence-corrected chi connectivity index (χ3v) is 5.19. The monoisotopic (exact) mass is 352 g/mol. The molecule has 4 heterocycles. The van der Waals surface area contributed by atoms with Crippen molar-refractivity contribution in [3.8, 4) is 0 Å². The first-order valence-electron chi connectivity index (χ1n) is 9.13. The number of aromatic nitrogens is 5. The predicted octanol–water partition coefficient (Wildman–Crippen LogP) is 2.47. The Kier molecular flexibility index (Phi) is 4.22. The van der Waals surface area contributed by atoms with Gasteiger partial charge >= 0.3 is 0 Å². The quantitative estimate of drug-likeness (QED) is 0.785. The van der Waals surface area contributed by atoms with Gasteiger partial charge in [-0.15, -0.1) is 0 Å². The number of aryl methyl sites for hydroxylation is 3.